The highest BCUT2D eigenvalue weighted by molar-refractivity contribution is 7.09. The first kappa shape index (κ1) is 36.9. The summed E-state index contributed by atoms with van der Waals surface area (Å²) in [4.78, 5) is 61.6. The normalized spacial score (nSPS) is 13.5. The lowest BCUT2D eigenvalue weighted by atomic mass is 9.93. The number of carbonyl (C=O) groups excluding carboxylic acids is 4. The molecule has 44 heavy (non-hydrogen) atoms. The smallest absolute Gasteiger partial charge is 0.407 e. The molecule has 0 spiro atoms. The molecular formula is C30H48N6O6S2. The van der Waals surface area contributed by atoms with Crippen LogP contribution in [0.2, 0.25) is 0 Å². The van der Waals surface area contributed by atoms with E-state index in [-0.39, 0.29) is 43.7 Å². The van der Waals surface area contributed by atoms with Gasteiger partial charge < -0.3 is 30.3 Å². The number of urea groups is 1. The molecule has 2 rings (SSSR count). The first-order valence-electron chi connectivity index (χ1n) is 14.9. The summed E-state index contributed by atoms with van der Waals surface area (Å²) in [5.41, 5.74) is 1.81. The number of hydrogen-bond acceptors (Lipinski definition) is 10. The lowest BCUT2D eigenvalue weighted by molar-refractivity contribution is -0.121. The van der Waals surface area contributed by atoms with Gasteiger partial charge in [-0.15, -0.1) is 22.7 Å². The Morgan fingerprint density at radius 3 is 2.34 bits per heavy atom. The Kier molecular flexibility index (Phi) is 15.0. The molecule has 246 valence electrons. The number of Topliss-reactive ketones (excluding diaryl/α,β-unsaturated/α-hetero) is 1. The summed E-state index contributed by atoms with van der Waals surface area (Å²) in [7, 11) is 1.66. The second-order valence-electron chi connectivity index (χ2n) is 12.3. The molecule has 0 aliphatic carbocycles. The minimum Gasteiger partial charge on any atom is -0.444 e. The fraction of sp³-hybridized carbons (Fsp3) is 0.667. The van der Waals surface area contributed by atoms with Gasteiger partial charge in [0.1, 0.15) is 12.2 Å². The van der Waals surface area contributed by atoms with E-state index >= 15 is 0 Å². The molecule has 2 aromatic heterocycles. The zero-order valence-corrected chi connectivity index (χ0v) is 28.7. The number of alkyl carbamates (subject to hydrolysis) is 2. The average Bonchev–Trinajstić information content (AvgIpc) is 3.61. The molecule has 0 saturated heterocycles. The summed E-state index contributed by atoms with van der Waals surface area (Å²) >= 11 is 2.97. The third kappa shape index (κ3) is 14.5. The molecule has 2 aromatic rings. The van der Waals surface area contributed by atoms with Gasteiger partial charge in [-0.1, -0.05) is 20.8 Å². The number of nitrogens with zero attached hydrogens (tertiary/aromatic N) is 3. The summed E-state index contributed by atoms with van der Waals surface area (Å²) < 4.78 is 10.5. The predicted octanol–water partition coefficient (Wildman–Crippen LogP) is 5.84. The van der Waals surface area contributed by atoms with Gasteiger partial charge >= 0.3 is 18.2 Å². The first-order chi connectivity index (χ1) is 20.6. The SMILES string of the molecule is CC(CCC(C)NC(=O)OCc1cncs1)CC(=O)C(CCNC(=O)OC(C)(C)C)NC(=O)N(C)Cc1csc(C(C)C)n1. The van der Waals surface area contributed by atoms with Crippen molar-refractivity contribution in [2.75, 3.05) is 13.6 Å². The van der Waals surface area contributed by atoms with Crippen molar-refractivity contribution in [1.82, 2.24) is 30.8 Å². The van der Waals surface area contributed by atoms with E-state index < -0.39 is 29.9 Å². The number of ether oxygens (including phenoxy) is 2. The fourth-order valence-electron chi connectivity index (χ4n) is 4.07. The van der Waals surface area contributed by atoms with Crippen molar-refractivity contribution in [3.05, 3.63) is 32.7 Å². The molecule has 0 bridgehead atoms. The first-order valence-corrected chi connectivity index (χ1v) is 16.6. The number of nitrogens with one attached hydrogen (secondary N) is 3. The highest BCUT2D eigenvalue weighted by Crippen LogP contribution is 2.20. The number of carbonyl (C=O) groups is 4. The van der Waals surface area contributed by atoms with Crippen molar-refractivity contribution in [2.24, 2.45) is 5.92 Å². The van der Waals surface area contributed by atoms with Gasteiger partial charge in [-0.05, 0) is 52.9 Å². The molecule has 3 unspecified atom stereocenters. The van der Waals surface area contributed by atoms with Gasteiger partial charge in [-0.25, -0.2) is 19.4 Å². The molecule has 3 atom stereocenters. The van der Waals surface area contributed by atoms with Crippen LogP contribution in [0.15, 0.2) is 17.1 Å². The summed E-state index contributed by atoms with van der Waals surface area (Å²) in [5, 5.41) is 11.3. The van der Waals surface area contributed by atoms with Crippen LogP contribution >= 0.6 is 22.7 Å². The van der Waals surface area contributed by atoms with Gasteiger partial charge in [0, 0.05) is 43.5 Å². The molecule has 0 aliphatic heterocycles. The van der Waals surface area contributed by atoms with E-state index in [9.17, 15) is 19.2 Å². The number of rotatable bonds is 16. The van der Waals surface area contributed by atoms with Crippen LogP contribution in [0.1, 0.15) is 95.6 Å². The minimum atomic E-state index is -0.804. The molecule has 3 N–H and O–H groups in total. The van der Waals surface area contributed by atoms with Crippen LogP contribution in [0.3, 0.4) is 0 Å². The van der Waals surface area contributed by atoms with Crippen LogP contribution in [0.5, 0.6) is 0 Å². The number of aromatic nitrogens is 2. The Labute approximate surface area is 268 Å². The van der Waals surface area contributed by atoms with Crippen molar-refractivity contribution in [2.45, 2.75) is 111 Å². The quantitative estimate of drug-likeness (QED) is 0.205. The highest BCUT2D eigenvalue weighted by Gasteiger charge is 2.25. The van der Waals surface area contributed by atoms with Crippen molar-refractivity contribution in [1.29, 1.82) is 0 Å². The Balaban J connectivity index is 1.90. The molecule has 4 amide bonds. The summed E-state index contributed by atoms with van der Waals surface area (Å²) in [6.45, 7) is 13.9. The molecular weight excluding hydrogens is 605 g/mol. The van der Waals surface area contributed by atoms with E-state index in [1.807, 2.05) is 19.2 Å². The van der Waals surface area contributed by atoms with Gasteiger partial charge in [-0.3, -0.25) is 9.78 Å². The monoisotopic (exact) mass is 652 g/mol. The van der Waals surface area contributed by atoms with Crippen molar-refractivity contribution in [3.8, 4) is 0 Å². The predicted molar refractivity (Wildman–Crippen MR) is 172 cm³/mol. The Morgan fingerprint density at radius 1 is 1.00 bits per heavy atom. The zero-order valence-electron chi connectivity index (χ0n) is 27.1. The molecule has 2 heterocycles. The van der Waals surface area contributed by atoms with Crippen LogP contribution in [0.25, 0.3) is 0 Å². The van der Waals surface area contributed by atoms with Crippen LogP contribution in [-0.4, -0.2) is 70.1 Å². The Hall–Kier alpha value is -3.26. The fourth-order valence-corrected chi connectivity index (χ4v) is 5.40. The molecule has 12 nitrogen and oxygen atoms in total. The largest absolute Gasteiger partial charge is 0.444 e. The lowest BCUT2D eigenvalue weighted by Crippen LogP contribution is -2.48. The van der Waals surface area contributed by atoms with E-state index in [1.165, 1.54) is 16.2 Å². The molecule has 14 heteroatoms. The van der Waals surface area contributed by atoms with Crippen LogP contribution in [0, 0.1) is 5.92 Å². The molecule has 0 aromatic carbocycles. The second-order valence-corrected chi connectivity index (χ2v) is 14.2. The number of hydrogen-bond donors (Lipinski definition) is 3. The van der Waals surface area contributed by atoms with E-state index in [4.69, 9.17) is 9.47 Å². The highest BCUT2D eigenvalue weighted by atomic mass is 32.1. The maximum absolute atomic E-state index is 13.4. The van der Waals surface area contributed by atoms with Gasteiger partial charge in [-0.2, -0.15) is 0 Å². The number of thiazole rings is 2. The second kappa shape index (κ2) is 17.9. The van der Waals surface area contributed by atoms with E-state index in [1.54, 1.807) is 50.9 Å². The average molecular weight is 653 g/mol. The number of ketones is 1. The van der Waals surface area contributed by atoms with Gasteiger partial charge in [0.15, 0.2) is 5.78 Å². The summed E-state index contributed by atoms with van der Waals surface area (Å²) in [5.74, 6) is 0.169. The van der Waals surface area contributed by atoms with Crippen LogP contribution in [-0.2, 0) is 27.4 Å². The van der Waals surface area contributed by atoms with Crippen molar-refractivity contribution < 1.29 is 28.7 Å². The Bertz CT molecular complexity index is 1200. The minimum absolute atomic E-state index is 0.000344. The zero-order chi connectivity index (χ0) is 32.9. The van der Waals surface area contributed by atoms with E-state index in [0.717, 1.165) is 15.6 Å². The third-order valence-corrected chi connectivity index (χ3v) is 8.38. The lowest BCUT2D eigenvalue weighted by Gasteiger charge is -2.24. The van der Waals surface area contributed by atoms with E-state index in [0.29, 0.717) is 25.3 Å². The maximum atomic E-state index is 13.4. The molecule has 0 saturated carbocycles. The molecule has 0 radical (unpaired) electrons. The van der Waals surface area contributed by atoms with E-state index in [2.05, 4.69) is 39.8 Å². The maximum Gasteiger partial charge on any atom is 0.407 e. The van der Waals surface area contributed by atoms with Gasteiger partial charge in [0.25, 0.3) is 0 Å². The summed E-state index contributed by atoms with van der Waals surface area (Å²) in [6, 6.07) is -1.35. The van der Waals surface area contributed by atoms with Gasteiger partial charge in [0.05, 0.1) is 33.7 Å². The van der Waals surface area contributed by atoms with Crippen LogP contribution in [0.4, 0.5) is 14.4 Å². The van der Waals surface area contributed by atoms with Crippen molar-refractivity contribution >= 4 is 46.7 Å². The third-order valence-electron chi connectivity index (χ3n) is 6.43. The van der Waals surface area contributed by atoms with Crippen molar-refractivity contribution in [3.63, 3.8) is 0 Å². The van der Waals surface area contributed by atoms with Crippen LogP contribution < -0.4 is 16.0 Å². The molecule has 0 aliphatic rings. The standard InChI is InChI=1S/C30H48N6O6S2/c1-19(2)26-34-22(17-43-26)15-36(8)27(38)35-24(11-12-32-28(39)42-30(5,6)7)25(37)13-20(3)9-10-21(4)33-29(40)41-16-23-14-31-18-44-23/h14,17-21,24H,9-13,15-16H2,1-8H3,(H,32,39)(H,33,40)(H,35,38). The number of amides is 4. The molecule has 0 fully saturated rings. The Morgan fingerprint density at radius 2 is 1.73 bits per heavy atom. The van der Waals surface area contributed by atoms with Gasteiger partial charge in [0.2, 0.25) is 0 Å². The topological polar surface area (TPSA) is 152 Å². The summed E-state index contributed by atoms with van der Waals surface area (Å²) in [6.07, 6.45) is 2.34.